The van der Waals surface area contributed by atoms with Crippen LogP contribution in [0.3, 0.4) is 0 Å². The van der Waals surface area contributed by atoms with Crippen LogP contribution in [0.5, 0.6) is 5.75 Å². The summed E-state index contributed by atoms with van der Waals surface area (Å²) in [6.45, 7) is 3.68. The number of hydrogen-bond donors (Lipinski definition) is 1. The molecule has 2 aliphatic rings. The van der Waals surface area contributed by atoms with Crippen molar-refractivity contribution in [2.75, 3.05) is 31.2 Å². The molecule has 6 nitrogen and oxygen atoms in total. The predicted octanol–water partition coefficient (Wildman–Crippen LogP) is 3.60. The first-order chi connectivity index (χ1) is 15.5. The summed E-state index contributed by atoms with van der Waals surface area (Å²) in [5.41, 5.74) is 1.03. The van der Waals surface area contributed by atoms with Crippen LogP contribution in [0.25, 0.3) is 5.57 Å². The first-order valence-electron chi connectivity index (χ1n) is 11.0. The lowest BCUT2D eigenvalue weighted by atomic mass is 9.97. The average molecular weight is 438 g/mol. The maximum absolute atomic E-state index is 14.5. The molecular formula is C25H27FN2O4. The first kappa shape index (κ1) is 22.0. The maximum Gasteiger partial charge on any atom is 0.282 e. The van der Waals surface area contributed by atoms with Crippen molar-refractivity contribution in [1.29, 1.82) is 0 Å². The summed E-state index contributed by atoms with van der Waals surface area (Å²) < 4.78 is 20.2. The summed E-state index contributed by atoms with van der Waals surface area (Å²) in [5.74, 6) is -1.03. The average Bonchev–Trinajstić information content (AvgIpc) is 3.08. The number of rotatable bonds is 7. The molecule has 1 saturated heterocycles. The molecule has 2 aromatic rings. The van der Waals surface area contributed by atoms with Gasteiger partial charge in [-0.3, -0.25) is 9.59 Å². The number of likely N-dealkylation sites (tertiary alicyclic amines) is 1. The van der Waals surface area contributed by atoms with Crippen molar-refractivity contribution in [3.63, 3.8) is 0 Å². The second-order valence-electron chi connectivity index (χ2n) is 8.13. The quantitative estimate of drug-likeness (QED) is 0.669. The van der Waals surface area contributed by atoms with Crippen molar-refractivity contribution < 1.29 is 23.8 Å². The minimum absolute atomic E-state index is 0.0156. The number of benzene rings is 2. The normalized spacial score (nSPS) is 19.2. The van der Waals surface area contributed by atoms with Gasteiger partial charge in [0.1, 0.15) is 17.3 Å². The van der Waals surface area contributed by atoms with Gasteiger partial charge in [-0.05, 0) is 55.0 Å². The van der Waals surface area contributed by atoms with Gasteiger partial charge in [0.2, 0.25) is 0 Å². The Bertz CT molecular complexity index is 1030. The van der Waals surface area contributed by atoms with Gasteiger partial charge >= 0.3 is 0 Å². The number of amides is 2. The summed E-state index contributed by atoms with van der Waals surface area (Å²) in [4.78, 5) is 29.8. The van der Waals surface area contributed by atoms with Crippen LogP contribution in [0, 0.1) is 11.7 Å². The van der Waals surface area contributed by atoms with E-state index in [0.717, 1.165) is 24.2 Å². The third kappa shape index (κ3) is 4.12. The summed E-state index contributed by atoms with van der Waals surface area (Å²) in [6.07, 6.45) is 2.54. The number of halogens is 1. The minimum Gasteiger partial charge on any atom is -0.494 e. The lowest BCUT2D eigenvalue weighted by molar-refractivity contribution is -0.121. The van der Waals surface area contributed by atoms with Crippen molar-refractivity contribution in [2.24, 2.45) is 5.92 Å². The van der Waals surface area contributed by atoms with Crippen molar-refractivity contribution >= 4 is 23.1 Å². The molecule has 168 valence electrons. The second-order valence-corrected chi connectivity index (χ2v) is 8.13. The highest BCUT2D eigenvalue weighted by molar-refractivity contribution is 6.45. The molecule has 0 spiro atoms. The Labute approximate surface area is 186 Å². The van der Waals surface area contributed by atoms with E-state index in [1.165, 1.54) is 18.2 Å². The van der Waals surface area contributed by atoms with Crippen LogP contribution < -0.4 is 9.64 Å². The fourth-order valence-electron chi connectivity index (χ4n) is 4.28. The summed E-state index contributed by atoms with van der Waals surface area (Å²) >= 11 is 0. The van der Waals surface area contributed by atoms with Crippen LogP contribution in [0.2, 0.25) is 0 Å². The first-order valence-corrected chi connectivity index (χ1v) is 11.0. The number of para-hydroxylation sites is 1. The molecule has 1 atom stereocenters. The van der Waals surface area contributed by atoms with Gasteiger partial charge in [0.15, 0.2) is 0 Å². The topological polar surface area (TPSA) is 70.1 Å². The number of carbonyl (C=O) groups excluding carboxylic acids is 2. The Hall–Kier alpha value is -3.19. The largest absolute Gasteiger partial charge is 0.494 e. The Balaban J connectivity index is 1.77. The second kappa shape index (κ2) is 9.53. The number of imide groups is 1. The lowest BCUT2D eigenvalue weighted by Gasteiger charge is -2.34. The van der Waals surface area contributed by atoms with Crippen LogP contribution >= 0.6 is 0 Å². The van der Waals surface area contributed by atoms with Gasteiger partial charge in [-0.1, -0.05) is 31.2 Å². The van der Waals surface area contributed by atoms with E-state index in [-0.39, 0.29) is 29.5 Å². The molecule has 0 aromatic heterocycles. The van der Waals surface area contributed by atoms with E-state index in [2.05, 4.69) is 0 Å². The SMILES string of the molecule is CCCOc1ccc(C2=C(N3CCCC(CO)C3)C(=O)N(c3ccccc3F)C2=O)cc1. The Kier molecular flexibility index (Phi) is 6.55. The number of aliphatic hydroxyl groups excluding tert-OH is 1. The number of piperidine rings is 1. The van der Waals surface area contributed by atoms with E-state index in [0.29, 0.717) is 31.0 Å². The zero-order valence-corrected chi connectivity index (χ0v) is 18.1. The fraction of sp³-hybridized carbons (Fsp3) is 0.360. The third-order valence-corrected chi connectivity index (χ3v) is 5.86. The molecule has 1 N–H and O–H groups in total. The molecular weight excluding hydrogens is 411 g/mol. The number of aliphatic hydroxyl groups is 1. The lowest BCUT2D eigenvalue weighted by Crippen LogP contribution is -2.40. The van der Waals surface area contributed by atoms with Crippen molar-refractivity contribution in [1.82, 2.24) is 4.90 Å². The predicted molar refractivity (Wildman–Crippen MR) is 119 cm³/mol. The Morgan fingerprint density at radius 3 is 2.53 bits per heavy atom. The molecule has 0 radical (unpaired) electrons. The summed E-state index contributed by atoms with van der Waals surface area (Å²) in [6, 6.07) is 12.8. The van der Waals surface area contributed by atoms with Gasteiger partial charge in [-0.15, -0.1) is 0 Å². The van der Waals surface area contributed by atoms with E-state index in [9.17, 15) is 19.1 Å². The van der Waals surface area contributed by atoms with Gasteiger partial charge in [-0.2, -0.15) is 0 Å². The summed E-state index contributed by atoms with van der Waals surface area (Å²) in [7, 11) is 0. The molecule has 2 aromatic carbocycles. The standard InChI is InChI=1S/C25H27FN2O4/c1-2-14-32-19-11-9-18(10-12-19)22-23(27-13-5-6-17(15-27)16-29)25(31)28(24(22)30)21-8-4-3-7-20(21)26/h3-4,7-12,17,29H,2,5-6,13-16H2,1H3. The molecule has 0 aliphatic carbocycles. The van der Waals surface area contributed by atoms with Crippen molar-refractivity contribution in [2.45, 2.75) is 26.2 Å². The smallest absolute Gasteiger partial charge is 0.282 e. The van der Waals surface area contributed by atoms with Crippen LogP contribution in [0.4, 0.5) is 10.1 Å². The zero-order chi connectivity index (χ0) is 22.7. The van der Waals surface area contributed by atoms with E-state index >= 15 is 0 Å². The van der Waals surface area contributed by atoms with Gasteiger partial charge in [0.25, 0.3) is 11.8 Å². The van der Waals surface area contributed by atoms with E-state index in [4.69, 9.17) is 4.74 Å². The van der Waals surface area contributed by atoms with Crippen LogP contribution in [0.1, 0.15) is 31.7 Å². The molecule has 1 unspecified atom stereocenters. The molecule has 32 heavy (non-hydrogen) atoms. The number of anilines is 1. The Morgan fingerprint density at radius 1 is 1.09 bits per heavy atom. The maximum atomic E-state index is 14.5. The van der Waals surface area contributed by atoms with Gasteiger partial charge in [0, 0.05) is 19.7 Å². The van der Waals surface area contributed by atoms with E-state index in [1.807, 2.05) is 11.8 Å². The van der Waals surface area contributed by atoms with Crippen LogP contribution in [-0.4, -0.2) is 48.1 Å². The zero-order valence-electron chi connectivity index (χ0n) is 18.1. The molecule has 0 saturated carbocycles. The van der Waals surface area contributed by atoms with E-state index in [1.54, 1.807) is 30.3 Å². The minimum atomic E-state index is -0.634. The molecule has 2 aliphatic heterocycles. The van der Waals surface area contributed by atoms with Gasteiger partial charge in [0.05, 0.1) is 17.9 Å². The molecule has 4 rings (SSSR count). The molecule has 2 amide bonds. The molecule has 2 heterocycles. The number of carbonyl (C=O) groups is 2. The Morgan fingerprint density at radius 2 is 1.84 bits per heavy atom. The summed E-state index contributed by atoms with van der Waals surface area (Å²) in [5, 5.41) is 9.65. The molecule has 1 fully saturated rings. The number of hydrogen-bond acceptors (Lipinski definition) is 5. The van der Waals surface area contributed by atoms with Crippen LogP contribution in [-0.2, 0) is 9.59 Å². The van der Waals surface area contributed by atoms with Gasteiger partial charge in [-0.25, -0.2) is 9.29 Å². The fourth-order valence-corrected chi connectivity index (χ4v) is 4.28. The van der Waals surface area contributed by atoms with E-state index < -0.39 is 17.6 Å². The molecule has 7 heteroatoms. The third-order valence-electron chi connectivity index (χ3n) is 5.86. The van der Waals surface area contributed by atoms with Crippen LogP contribution in [0.15, 0.2) is 54.2 Å². The number of ether oxygens (including phenoxy) is 1. The molecule has 0 bridgehead atoms. The highest BCUT2D eigenvalue weighted by Crippen LogP contribution is 2.37. The number of nitrogens with zero attached hydrogens (tertiary/aromatic N) is 2. The monoisotopic (exact) mass is 438 g/mol. The highest BCUT2D eigenvalue weighted by atomic mass is 19.1. The highest BCUT2D eigenvalue weighted by Gasteiger charge is 2.44. The van der Waals surface area contributed by atoms with Crippen molar-refractivity contribution in [3.05, 3.63) is 65.6 Å². The van der Waals surface area contributed by atoms with Gasteiger partial charge < -0.3 is 14.7 Å². The van der Waals surface area contributed by atoms with Crippen molar-refractivity contribution in [3.8, 4) is 5.75 Å².